The maximum absolute atomic E-state index is 12.8. The van der Waals surface area contributed by atoms with E-state index in [0.717, 1.165) is 19.3 Å². The minimum absolute atomic E-state index is 0.0875. The predicted octanol–water partition coefficient (Wildman–Crippen LogP) is 2.32. The predicted molar refractivity (Wildman–Crippen MR) is 86.2 cm³/mol. The number of hydrogen-bond donors (Lipinski definition) is 0. The van der Waals surface area contributed by atoms with E-state index in [9.17, 15) is 4.79 Å². The lowest BCUT2D eigenvalue weighted by molar-refractivity contribution is -0.0445. The number of benzene rings is 1. The fraction of sp³-hybridized carbons (Fsp3) is 0.444. The number of carbonyl (C=O) groups excluding carboxylic acids is 1. The van der Waals surface area contributed by atoms with Gasteiger partial charge in [0.2, 0.25) is 0 Å². The standard InChI is InChI=1S/C18H21N3O2/c22-18(21-9-10-23-17-8-4-7-16(17)21)15-11-19-20(13-15)12-14-5-2-1-3-6-14/h1-3,5-6,11,13,16-17H,4,7-10,12H2/t16-,17-/m0/s1. The molecule has 1 saturated carbocycles. The summed E-state index contributed by atoms with van der Waals surface area (Å²) in [6.45, 7) is 2.01. The van der Waals surface area contributed by atoms with Crippen molar-refractivity contribution in [2.75, 3.05) is 13.2 Å². The SMILES string of the molecule is O=C(c1cnn(Cc2ccccc2)c1)N1CCO[C@H]2CCC[C@@H]21. The molecule has 0 unspecified atom stereocenters. The molecule has 23 heavy (non-hydrogen) atoms. The lowest BCUT2D eigenvalue weighted by Gasteiger charge is -2.37. The minimum Gasteiger partial charge on any atom is -0.374 e. The monoisotopic (exact) mass is 311 g/mol. The number of fused-ring (bicyclic) bond motifs is 1. The van der Waals surface area contributed by atoms with E-state index in [1.807, 2.05) is 34.0 Å². The summed E-state index contributed by atoms with van der Waals surface area (Å²) in [6, 6.07) is 10.4. The Morgan fingerprint density at radius 2 is 2.13 bits per heavy atom. The molecule has 5 heteroatoms. The summed E-state index contributed by atoms with van der Waals surface area (Å²) in [6.07, 6.45) is 7.04. The molecule has 5 nitrogen and oxygen atoms in total. The molecule has 0 bridgehead atoms. The van der Waals surface area contributed by atoms with E-state index in [0.29, 0.717) is 25.3 Å². The van der Waals surface area contributed by atoms with Crippen molar-refractivity contribution in [1.82, 2.24) is 14.7 Å². The van der Waals surface area contributed by atoms with Crippen molar-refractivity contribution in [3.8, 4) is 0 Å². The van der Waals surface area contributed by atoms with Crippen LogP contribution in [0.4, 0.5) is 0 Å². The smallest absolute Gasteiger partial charge is 0.257 e. The van der Waals surface area contributed by atoms with E-state index < -0.39 is 0 Å². The highest BCUT2D eigenvalue weighted by molar-refractivity contribution is 5.94. The Bertz CT molecular complexity index is 683. The van der Waals surface area contributed by atoms with Gasteiger partial charge in [0.05, 0.1) is 37.1 Å². The quantitative estimate of drug-likeness (QED) is 0.874. The first-order valence-corrected chi connectivity index (χ1v) is 8.30. The van der Waals surface area contributed by atoms with Crippen LogP contribution in [0.2, 0.25) is 0 Å². The zero-order valence-corrected chi connectivity index (χ0v) is 13.1. The summed E-state index contributed by atoms with van der Waals surface area (Å²) < 4.78 is 7.62. The molecule has 0 spiro atoms. The maximum atomic E-state index is 12.8. The van der Waals surface area contributed by atoms with Crippen molar-refractivity contribution < 1.29 is 9.53 Å². The second kappa shape index (κ2) is 6.16. The molecule has 2 aromatic rings. The molecule has 2 heterocycles. The molecule has 0 radical (unpaired) electrons. The fourth-order valence-electron chi connectivity index (χ4n) is 3.67. The zero-order chi connectivity index (χ0) is 15.6. The van der Waals surface area contributed by atoms with Crippen molar-refractivity contribution in [3.05, 3.63) is 53.9 Å². The average molecular weight is 311 g/mol. The van der Waals surface area contributed by atoms with Crippen LogP contribution < -0.4 is 0 Å². The van der Waals surface area contributed by atoms with Gasteiger partial charge in [-0.25, -0.2) is 0 Å². The van der Waals surface area contributed by atoms with Crippen LogP contribution in [0.15, 0.2) is 42.7 Å². The van der Waals surface area contributed by atoms with Gasteiger partial charge in [-0.3, -0.25) is 9.48 Å². The van der Waals surface area contributed by atoms with Crippen molar-refractivity contribution in [2.45, 2.75) is 38.0 Å². The highest BCUT2D eigenvalue weighted by Crippen LogP contribution is 2.30. The van der Waals surface area contributed by atoms with Crippen LogP contribution >= 0.6 is 0 Å². The topological polar surface area (TPSA) is 47.4 Å². The first-order chi connectivity index (χ1) is 11.3. The molecule has 4 rings (SSSR count). The van der Waals surface area contributed by atoms with Gasteiger partial charge in [-0.2, -0.15) is 5.10 Å². The molecule has 2 atom stereocenters. The largest absolute Gasteiger partial charge is 0.374 e. The lowest BCUT2D eigenvalue weighted by Crippen LogP contribution is -2.51. The van der Waals surface area contributed by atoms with Crippen LogP contribution in [0.25, 0.3) is 0 Å². The van der Waals surface area contributed by atoms with Gasteiger partial charge in [0.1, 0.15) is 0 Å². The third-order valence-electron chi connectivity index (χ3n) is 4.81. The van der Waals surface area contributed by atoms with E-state index in [1.54, 1.807) is 6.20 Å². The van der Waals surface area contributed by atoms with Gasteiger partial charge in [0.15, 0.2) is 0 Å². The van der Waals surface area contributed by atoms with Gasteiger partial charge >= 0.3 is 0 Å². The van der Waals surface area contributed by atoms with Gasteiger partial charge < -0.3 is 9.64 Å². The van der Waals surface area contributed by atoms with Crippen LogP contribution in [0.5, 0.6) is 0 Å². The molecule has 2 fully saturated rings. The van der Waals surface area contributed by atoms with Crippen molar-refractivity contribution in [3.63, 3.8) is 0 Å². The number of amides is 1. The van der Waals surface area contributed by atoms with Crippen molar-refractivity contribution >= 4 is 5.91 Å². The highest BCUT2D eigenvalue weighted by atomic mass is 16.5. The van der Waals surface area contributed by atoms with Crippen LogP contribution in [-0.2, 0) is 11.3 Å². The number of ether oxygens (including phenoxy) is 1. The summed E-state index contributed by atoms with van der Waals surface area (Å²) >= 11 is 0. The van der Waals surface area contributed by atoms with Crippen molar-refractivity contribution in [1.29, 1.82) is 0 Å². The third-order valence-corrected chi connectivity index (χ3v) is 4.81. The molecule has 1 aromatic heterocycles. The first kappa shape index (κ1) is 14.5. The minimum atomic E-state index is 0.0875. The number of hydrogen-bond acceptors (Lipinski definition) is 3. The zero-order valence-electron chi connectivity index (χ0n) is 13.1. The molecule has 0 N–H and O–H groups in total. The molecule has 1 aromatic carbocycles. The third kappa shape index (κ3) is 2.88. The summed E-state index contributed by atoms with van der Waals surface area (Å²) in [4.78, 5) is 14.8. The second-order valence-electron chi connectivity index (χ2n) is 6.32. The van der Waals surface area contributed by atoms with Gasteiger partial charge in [0, 0.05) is 12.7 Å². The number of carbonyl (C=O) groups is 1. The van der Waals surface area contributed by atoms with Gasteiger partial charge in [0.25, 0.3) is 5.91 Å². The maximum Gasteiger partial charge on any atom is 0.257 e. The molecule has 1 aliphatic carbocycles. The summed E-state index contributed by atoms with van der Waals surface area (Å²) in [7, 11) is 0. The summed E-state index contributed by atoms with van der Waals surface area (Å²) in [5.41, 5.74) is 1.85. The van der Waals surface area contributed by atoms with E-state index in [-0.39, 0.29) is 18.1 Å². The van der Waals surface area contributed by atoms with Crippen LogP contribution in [-0.4, -0.2) is 45.9 Å². The molecular formula is C18H21N3O2. The molecular weight excluding hydrogens is 290 g/mol. The van der Waals surface area contributed by atoms with Gasteiger partial charge in [-0.1, -0.05) is 30.3 Å². The Hall–Kier alpha value is -2.14. The Balaban J connectivity index is 1.48. The molecule has 1 amide bonds. The second-order valence-corrected chi connectivity index (χ2v) is 6.32. The number of nitrogens with zero attached hydrogens (tertiary/aromatic N) is 3. The molecule has 2 aliphatic rings. The van der Waals surface area contributed by atoms with E-state index in [1.165, 1.54) is 5.56 Å². The lowest BCUT2D eigenvalue weighted by atomic mass is 10.1. The number of aromatic nitrogens is 2. The Morgan fingerprint density at radius 3 is 3.00 bits per heavy atom. The highest BCUT2D eigenvalue weighted by Gasteiger charge is 2.38. The molecule has 120 valence electrons. The fourth-order valence-corrected chi connectivity index (χ4v) is 3.67. The Morgan fingerprint density at radius 1 is 1.26 bits per heavy atom. The molecule has 1 saturated heterocycles. The first-order valence-electron chi connectivity index (χ1n) is 8.30. The van der Waals surface area contributed by atoms with Crippen LogP contribution in [0.3, 0.4) is 0 Å². The Labute approximate surface area is 135 Å². The van der Waals surface area contributed by atoms with Crippen LogP contribution in [0.1, 0.15) is 35.2 Å². The molecule has 1 aliphatic heterocycles. The normalized spacial score (nSPS) is 23.7. The Kier molecular flexibility index (Phi) is 3.87. The van der Waals surface area contributed by atoms with Crippen LogP contribution in [0, 0.1) is 0 Å². The summed E-state index contributed by atoms with van der Waals surface area (Å²) in [5, 5.41) is 4.35. The van der Waals surface area contributed by atoms with Gasteiger partial charge in [-0.15, -0.1) is 0 Å². The summed E-state index contributed by atoms with van der Waals surface area (Å²) in [5.74, 6) is 0.0875. The van der Waals surface area contributed by atoms with Gasteiger partial charge in [-0.05, 0) is 24.8 Å². The average Bonchev–Trinajstić information content (AvgIpc) is 3.24. The number of rotatable bonds is 3. The van der Waals surface area contributed by atoms with E-state index in [4.69, 9.17) is 4.74 Å². The number of morpholine rings is 1. The van der Waals surface area contributed by atoms with E-state index in [2.05, 4.69) is 17.2 Å². The van der Waals surface area contributed by atoms with E-state index >= 15 is 0 Å². The van der Waals surface area contributed by atoms with Crippen molar-refractivity contribution in [2.24, 2.45) is 0 Å².